The van der Waals surface area contributed by atoms with Gasteiger partial charge in [-0.05, 0) is 42.0 Å². The number of fused-ring (bicyclic) bond motifs is 1. The molecule has 2 aromatic rings. The maximum absolute atomic E-state index is 13.9. The number of benzene rings is 1. The average molecular weight is 422 g/mol. The number of alkyl halides is 1. The number of carbonyl (C=O) groups is 1. The number of carbonyl (C=O) groups excluding carboxylic acids is 1. The van der Waals surface area contributed by atoms with Gasteiger partial charge in [0.1, 0.15) is 11.6 Å². The summed E-state index contributed by atoms with van der Waals surface area (Å²) >= 11 is 8.19. The molecule has 0 radical (unpaired) electrons. The summed E-state index contributed by atoms with van der Waals surface area (Å²) < 4.78 is 16.4. The van der Waals surface area contributed by atoms with Crippen LogP contribution in [-0.4, -0.2) is 22.0 Å². The molecule has 3 rings (SSSR count). The van der Waals surface area contributed by atoms with Gasteiger partial charge in [0.15, 0.2) is 0 Å². The Morgan fingerprint density at radius 3 is 2.95 bits per heavy atom. The number of nitrogens with zero attached hydrogens (tertiary/aromatic N) is 2. The van der Waals surface area contributed by atoms with E-state index < -0.39 is 0 Å². The lowest BCUT2D eigenvalue weighted by molar-refractivity contribution is -0.122. The highest BCUT2D eigenvalue weighted by Crippen LogP contribution is 2.32. The molecule has 1 saturated heterocycles. The van der Waals surface area contributed by atoms with Gasteiger partial charge < -0.3 is 9.88 Å². The fraction of sp³-hybridized carbons (Fsp3) is 0.429. The lowest BCUT2D eigenvalue weighted by atomic mass is 10.1. The number of halogens is 3. The number of nitrogens with one attached hydrogen (secondary N) is 1. The standard InChI is InChI=1S/C14H14ClFIN3O/c1-7(15)14-19-11-5-10(17)9(16)4-12(11)20(14)8-2-3-13(21)18-6-8/h4-5,7-8H,2-3,6H2,1H3,(H,18,21). The zero-order valence-electron chi connectivity index (χ0n) is 11.4. The molecule has 7 heteroatoms. The Kier molecular flexibility index (Phi) is 4.09. The summed E-state index contributed by atoms with van der Waals surface area (Å²) in [7, 11) is 0. The zero-order chi connectivity index (χ0) is 15.1. The minimum atomic E-state index is -0.282. The van der Waals surface area contributed by atoms with Gasteiger partial charge in [0.05, 0.1) is 26.0 Å². The van der Waals surface area contributed by atoms with Crippen molar-refractivity contribution in [2.75, 3.05) is 6.54 Å². The van der Waals surface area contributed by atoms with Crippen molar-refractivity contribution in [3.63, 3.8) is 0 Å². The van der Waals surface area contributed by atoms with Gasteiger partial charge in [-0.2, -0.15) is 0 Å². The van der Waals surface area contributed by atoms with Gasteiger partial charge in [-0.15, -0.1) is 11.6 Å². The molecule has 1 N–H and O–H groups in total. The summed E-state index contributed by atoms with van der Waals surface area (Å²) in [5.41, 5.74) is 1.47. The highest BCUT2D eigenvalue weighted by atomic mass is 127. The molecule has 1 aromatic heterocycles. The average Bonchev–Trinajstić information content (AvgIpc) is 2.79. The molecule has 1 fully saturated rings. The van der Waals surface area contributed by atoms with E-state index in [4.69, 9.17) is 11.6 Å². The lowest BCUT2D eigenvalue weighted by Gasteiger charge is -2.26. The summed E-state index contributed by atoms with van der Waals surface area (Å²) in [6, 6.07) is 3.29. The van der Waals surface area contributed by atoms with Gasteiger partial charge in [0.25, 0.3) is 0 Å². The minimum absolute atomic E-state index is 0.0527. The highest BCUT2D eigenvalue weighted by Gasteiger charge is 2.26. The van der Waals surface area contributed by atoms with Gasteiger partial charge in [-0.3, -0.25) is 4.79 Å². The Hall–Kier alpha value is -0.890. The molecule has 0 bridgehead atoms. The lowest BCUT2D eigenvalue weighted by Crippen LogP contribution is -2.36. The van der Waals surface area contributed by atoms with Crippen LogP contribution in [0.5, 0.6) is 0 Å². The fourth-order valence-corrected chi connectivity index (χ4v) is 3.32. The second kappa shape index (κ2) is 5.72. The number of aromatic nitrogens is 2. The second-order valence-corrected chi connectivity index (χ2v) is 7.02. The first kappa shape index (κ1) is 15.0. The Balaban J connectivity index is 2.16. The van der Waals surface area contributed by atoms with Crippen molar-refractivity contribution in [3.8, 4) is 0 Å². The number of piperidine rings is 1. The smallest absolute Gasteiger partial charge is 0.220 e. The van der Waals surface area contributed by atoms with Gasteiger partial charge >= 0.3 is 0 Å². The monoisotopic (exact) mass is 421 g/mol. The Morgan fingerprint density at radius 2 is 2.33 bits per heavy atom. The number of rotatable bonds is 2. The zero-order valence-corrected chi connectivity index (χ0v) is 14.3. The van der Waals surface area contributed by atoms with Crippen LogP contribution in [-0.2, 0) is 4.79 Å². The van der Waals surface area contributed by atoms with Gasteiger partial charge in [-0.1, -0.05) is 0 Å². The third-order valence-electron chi connectivity index (χ3n) is 3.72. The van der Waals surface area contributed by atoms with Crippen molar-refractivity contribution < 1.29 is 9.18 Å². The van der Waals surface area contributed by atoms with E-state index in [1.807, 2.05) is 34.1 Å². The summed E-state index contributed by atoms with van der Waals surface area (Å²) in [6.07, 6.45) is 1.18. The third-order valence-corrected chi connectivity index (χ3v) is 4.74. The van der Waals surface area contributed by atoms with Crippen molar-refractivity contribution in [3.05, 3.63) is 27.3 Å². The Labute approximate surface area is 140 Å². The molecule has 2 unspecified atom stereocenters. The summed E-state index contributed by atoms with van der Waals surface area (Å²) in [6.45, 7) is 2.37. The van der Waals surface area contributed by atoms with Crippen molar-refractivity contribution >= 4 is 51.1 Å². The van der Waals surface area contributed by atoms with Crippen LogP contribution >= 0.6 is 34.2 Å². The van der Waals surface area contributed by atoms with Crippen molar-refractivity contribution in [1.82, 2.24) is 14.9 Å². The Morgan fingerprint density at radius 1 is 1.57 bits per heavy atom. The largest absolute Gasteiger partial charge is 0.354 e. The quantitative estimate of drug-likeness (QED) is 0.596. The number of hydrogen-bond donors (Lipinski definition) is 1. The van der Waals surface area contributed by atoms with Gasteiger partial charge in [0, 0.05) is 19.0 Å². The number of imidazole rings is 1. The molecule has 0 spiro atoms. The predicted molar refractivity (Wildman–Crippen MR) is 88.0 cm³/mol. The molecule has 1 aliphatic rings. The minimum Gasteiger partial charge on any atom is -0.354 e. The van der Waals surface area contributed by atoms with E-state index in [2.05, 4.69) is 10.3 Å². The van der Waals surface area contributed by atoms with E-state index in [0.717, 1.165) is 11.0 Å². The van der Waals surface area contributed by atoms with E-state index in [0.29, 0.717) is 28.8 Å². The van der Waals surface area contributed by atoms with E-state index in [9.17, 15) is 9.18 Å². The van der Waals surface area contributed by atoms with E-state index >= 15 is 0 Å². The number of amides is 1. The van der Waals surface area contributed by atoms with Crippen molar-refractivity contribution in [2.45, 2.75) is 31.2 Å². The van der Waals surface area contributed by atoms with Gasteiger partial charge in [0.2, 0.25) is 5.91 Å². The van der Waals surface area contributed by atoms with Crippen molar-refractivity contribution in [2.24, 2.45) is 0 Å². The SMILES string of the molecule is CC(Cl)c1nc2cc(I)c(F)cc2n1C1CCC(=O)NC1. The first-order valence-electron chi connectivity index (χ1n) is 6.75. The molecule has 21 heavy (non-hydrogen) atoms. The van der Waals surface area contributed by atoms with Crippen LogP contribution in [0.1, 0.15) is 37.0 Å². The fourth-order valence-electron chi connectivity index (χ4n) is 2.71. The van der Waals surface area contributed by atoms with E-state index in [1.54, 1.807) is 6.07 Å². The molecular formula is C14H14ClFIN3O. The third kappa shape index (κ3) is 2.75. The number of hydrogen-bond acceptors (Lipinski definition) is 2. The van der Waals surface area contributed by atoms with Crippen LogP contribution in [0, 0.1) is 9.39 Å². The molecule has 1 aliphatic heterocycles. The van der Waals surface area contributed by atoms with E-state index in [-0.39, 0.29) is 23.1 Å². The first-order valence-corrected chi connectivity index (χ1v) is 8.26. The molecule has 1 amide bonds. The van der Waals surface area contributed by atoms with Crippen molar-refractivity contribution in [1.29, 1.82) is 0 Å². The van der Waals surface area contributed by atoms with Crippen LogP contribution in [0.25, 0.3) is 11.0 Å². The topological polar surface area (TPSA) is 46.9 Å². The molecule has 2 heterocycles. The predicted octanol–water partition coefficient (Wildman–Crippen LogP) is 3.53. The van der Waals surface area contributed by atoms with Gasteiger partial charge in [-0.25, -0.2) is 9.37 Å². The molecule has 4 nitrogen and oxygen atoms in total. The molecule has 112 valence electrons. The Bertz CT molecular complexity index is 706. The normalized spacial score (nSPS) is 20.6. The molecule has 0 aliphatic carbocycles. The molecule has 0 saturated carbocycles. The van der Waals surface area contributed by atoms with Crippen LogP contribution in [0.15, 0.2) is 12.1 Å². The van der Waals surface area contributed by atoms with Crippen LogP contribution in [0.2, 0.25) is 0 Å². The summed E-state index contributed by atoms with van der Waals surface area (Å²) in [5, 5.41) is 2.57. The first-order chi connectivity index (χ1) is 9.97. The maximum atomic E-state index is 13.9. The summed E-state index contributed by atoms with van der Waals surface area (Å²) in [4.78, 5) is 15.9. The molecular weight excluding hydrogens is 408 g/mol. The highest BCUT2D eigenvalue weighted by molar-refractivity contribution is 14.1. The second-order valence-electron chi connectivity index (χ2n) is 5.21. The van der Waals surface area contributed by atoms with E-state index in [1.165, 1.54) is 6.07 Å². The maximum Gasteiger partial charge on any atom is 0.220 e. The van der Waals surface area contributed by atoms with Crippen LogP contribution < -0.4 is 5.32 Å². The molecule has 2 atom stereocenters. The van der Waals surface area contributed by atoms with Crippen LogP contribution in [0.3, 0.4) is 0 Å². The molecule has 1 aromatic carbocycles. The van der Waals surface area contributed by atoms with Crippen LogP contribution in [0.4, 0.5) is 4.39 Å². The summed E-state index contributed by atoms with van der Waals surface area (Å²) in [5.74, 6) is 0.504.